The van der Waals surface area contributed by atoms with Crippen molar-refractivity contribution in [2.24, 2.45) is 0 Å². The second-order valence-electron chi connectivity index (χ2n) is 4.57. The summed E-state index contributed by atoms with van der Waals surface area (Å²) in [6.45, 7) is 0.557. The molecule has 1 aromatic carbocycles. The van der Waals surface area contributed by atoms with Crippen molar-refractivity contribution in [1.29, 1.82) is 0 Å². The van der Waals surface area contributed by atoms with Gasteiger partial charge < -0.3 is 15.4 Å². The predicted octanol–water partition coefficient (Wildman–Crippen LogP) is 2.84. The highest BCUT2D eigenvalue weighted by Gasteiger charge is 2.32. The number of rotatable bonds is 7. The fourth-order valence-corrected chi connectivity index (χ4v) is 1.80. The number of halogens is 3. The minimum atomic E-state index is -4.39. The minimum absolute atomic E-state index is 0.00881. The number of hydrogen-bond donors (Lipinski definition) is 1. The molecule has 0 aliphatic carbocycles. The van der Waals surface area contributed by atoms with Crippen LogP contribution in [0.1, 0.15) is 19.8 Å². The number of hydrogen-bond acceptors (Lipinski definition) is 3. The second-order valence-corrected chi connectivity index (χ2v) is 4.57. The Labute approximate surface area is 121 Å². The average molecular weight is 304 g/mol. The number of carbonyl (C=O) groups is 1. The molecule has 0 atom stereocenters. The van der Waals surface area contributed by atoms with Crippen LogP contribution in [-0.4, -0.2) is 36.7 Å². The summed E-state index contributed by atoms with van der Waals surface area (Å²) in [5.41, 5.74) is 6.08. The number of nitrogens with zero attached hydrogens (tertiary/aromatic N) is 1. The molecule has 0 saturated heterocycles. The molecule has 0 bridgehead atoms. The van der Waals surface area contributed by atoms with E-state index in [0.717, 1.165) is 4.90 Å². The molecule has 0 aromatic heterocycles. The van der Waals surface area contributed by atoms with E-state index in [1.165, 1.54) is 0 Å². The Morgan fingerprint density at radius 1 is 1.33 bits per heavy atom. The molecule has 21 heavy (non-hydrogen) atoms. The van der Waals surface area contributed by atoms with Crippen LogP contribution in [0.15, 0.2) is 24.3 Å². The standard InChI is InChI=1S/C14H19F3N2O2/c1-2-8-19(10-14(15,16)17)13(20)7-9-21-12-6-4-3-5-11(12)18/h3-6H,2,7-10,18H2,1H3. The maximum Gasteiger partial charge on any atom is 0.406 e. The minimum Gasteiger partial charge on any atom is -0.491 e. The number of carbonyl (C=O) groups excluding carboxylic acids is 1. The molecule has 0 fully saturated rings. The van der Waals surface area contributed by atoms with Gasteiger partial charge in [0.15, 0.2) is 0 Å². The van der Waals surface area contributed by atoms with Crippen molar-refractivity contribution in [3.8, 4) is 5.75 Å². The van der Waals surface area contributed by atoms with Gasteiger partial charge in [-0.25, -0.2) is 0 Å². The molecular formula is C14H19F3N2O2. The van der Waals surface area contributed by atoms with Gasteiger partial charge in [0, 0.05) is 6.54 Å². The van der Waals surface area contributed by atoms with E-state index in [1.807, 2.05) is 0 Å². The SMILES string of the molecule is CCCN(CC(F)(F)F)C(=O)CCOc1ccccc1N. The highest BCUT2D eigenvalue weighted by atomic mass is 19.4. The zero-order valence-corrected chi connectivity index (χ0v) is 11.8. The molecular weight excluding hydrogens is 285 g/mol. The number of para-hydroxylation sites is 2. The quantitative estimate of drug-likeness (QED) is 0.788. The first-order valence-electron chi connectivity index (χ1n) is 6.65. The van der Waals surface area contributed by atoms with Crippen LogP contribution in [0.4, 0.5) is 18.9 Å². The smallest absolute Gasteiger partial charge is 0.406 e. The summed E-state index contributed by atoms with van der Waals surface area (Å²) in [7, 11) is 0. The van der Waals surface area contributed by atoms with E-state index in [2.05, 4.69) is 0 Å². The average Bonchev–Trinajstić information content (AvgIpc) is 2.39. The molecule has 1 amide bonds. The lowest BCUT2D eigenvalue weighted by molar-refractivity contribution is -0.161. The van der Waals surface area contributed by atoms with Gasteiger partial charge in [0.25, 0.3) is 0 Å². The molecule has 0 spiro atoms. The molecule has 0 aliphatic heterocycles. The summed E-state index contributed by atoms with van der Waals surface area (Å²) in [5.74, 6) is -0.160. The molecule has 1 rings (SSSR count). The van der Waals surface area contributed by atoms with Crippen LogP contribution >= 0.6 is 0 Å². The van der Waals surface area contributed by atoms with E-state index in [1.54, 1.807) is 31.2 Å². The highest BCUT2D eigenvalue weighted by molar-refractivity contribution is 5.76. The maximum atomic E-state index is 12.4. The first kappa shape index (κ1) is 17.1. The van der Waals surface area contributed by atoms with E-state index in [9.17, 15) is 18.0 Å². The summed E-state index contributed by atoms with van der Waals surface area (Å²) < 4.78 is 42.5. The number of alkyl halides is 3. The van der Waals surface area contributed by atoms with Crippen LogP contribution in [0.25, 0.3) is 0 Å². The van der Waals surface area contributed by atoms with Gasteiger partial charge in [-0.15, -0.1) is 0 Å². The molecule has 1 aromatic rings. The van der Waals surface area contributed by atoms with Crippen molar-refractivity contribution >= 4 is 11.6 Å². The Morgan fingerprint density at radius 3 is 2.57 bits per heavy atom. The van der Waals surface area contributed by atoms with Crippen LogP contribution in [0.3, 0.4) is 0 Å². The molecule has 0 aliphatic rings. The molecule has 0 unspecified atom stereocenters. The number of anilines is 1. The topological polar surface area (TPSA) is 55.6 Å². The third-order valence-corrected chi connectivity index (χ3v) is 2.71. The molecule has 2 N–H and O–H groups in total. The lowest BCUT2D eigenvalue weighted by Crippen LogP contribution is -2.39. The van der Waals surface area contributed by atoms with Gasteiger partial charge in [-0.1, -0.05) is 19.1 Å². The van der Waals surface area contributed by atoms with E-state index in [-0.39, 0.29) is 19.6 Å². The van der Waals surface area contributed by atoms with Crippen molar-refractivity contribution in [3.63, 3.8) is 0 Å². The summed E-state index contributed by atoms with van der Waals surface area (Å²) >= 11 is 0. The van der Waals surface area contributed by atoms with E-state index in [0.29, 0.717) is 17.9 Å². The summed E-state index contributed by atoms with van der Waals surface area (Å²) in [5, 5.41) is 0. The van der Waals surface area contributed by atoms with Crippen molar-refractivity contribution in [3.05, 3.63) is 24.3 Å². The zero-order chi connectivity index (χ0) is 15.9. The molecule has 4 nitrogen and oxygen atoms in total. The van der Waals surface area contributed by atoms with Crippen molar-refractivity contribution in [1.82, 2.24) is 4.90 Å². The van der Waals surface area contributed by atoms with Crippen molar-refractivity contribution in [2.75, 3.05) is 25.4 Å². The first-order chi connectivity index (χ1) is 9.83. The Kier molecular flexibility index (Phi) is 6.33. The number of ether oxygens (including phenoxy) is 1. The highest BCUT2D eigenvalue weighted by Crippen LogP contribution is 2.20. The fraction of sp³-hybridized carbons (Fsp3) is 0.500. The normalized spacial score (nSPS) is 11.2. The Hall–Kier alpha value is -1.92. The molecule has 0 radical (unpaired) electrons. The first-order valence-corrected chi connectivity index (χ1v) is 6.65. The fourth-order valence-electron chi connectivity index (χ4n) is 1.80. The van der Waals surface area contributed by atoms with E-state index in [4.69, 9.17) is 10.5 Å². The summed E-state index contributed by atoms with van der Waals surface area (Å²) in [6.07, 6.45) is -4.05. The van der Waals surface area contributed by atoms with Gasteiger partial charge in [0.05, 0.1) is 18.7 Å². The molecule has 118 valence electrons. The lowest BCUT2D eigenvalue weighted by Gasteiger charge is -2.23. The largest absolute Gasteiger partial charge is 0.491 e. The zero-order valence-electron chi connectivity index (χ0n) is 11.8. The lowest BCUT2D eigenvalue weighted by atomic mass is 10.3. The Bertz CT molecular complexity index is 464. The number of nitrogens with two attached hydrogens (primary N) is 1. The Balaban J connectivity index is 2.48. The molecule has 0 heterocycles. The van der Waals surface area contributed by atoms with Crippen LogP contribution in [0.5, 0.6) is 5.75 Å². The van der Waals surface area contributed by atoms with Gasteiger partial charge in [-0.3, -0.25) is 4.79 Å². The second kappa shape index (κ2) is 7.75. The molecule has 7 heteroatoms. The number of amides is 1. The van der Waals surface area contributed by atoms with Crippen LogP contribution in [0, 0.1) is 0 Å². The Morgan fingerprint density at radius 2 is 2.00 bits per heavy atom. The summed E-state index contributed by atoms with van der Waals surface area (Å²) in [4.78, 5) is 12.6. The summed E-state index contributed by atoms with van der Waals surface area (Å²) in [6, 6.07) is 6.74. The maximum absolute atomic E-state index is 12.4. The van der Waals surface area contributed by atoms with Crippen LogP contribution < -0.4 is 10.5 Å². The van der Waals surface area contributed by atoms with Gasteiger partial charge in [-0.2, -0.15) is 13.2 Å². The van der Waals surface area contributed by atoms with E-state index >= 15 is 0 Å². The van der Waals surface area contributed by atoms with Gasteiger partial charge in [-0.05, 0) is 18.6 Å². The number of benzene rings is 1. The third-order valence-electron chi connectivity index (χ3n) is 2.71. The van der Waals surface area contributed by atoms with Crippen LogP contribution in [0.2, 0.25) is 0 Å². The predicted molar refractivity (Wildman–Crippen MR) is 73.9 cm³/mol. The van der Waals surface area contributed by atoms with Crippen LogP contribution in [-0.2, 0) is 4.79 Å². The monoisotopic (exact) mass is 304 g/mol. The van der Waals surface area contributed by atoms with Gasteiger partial charge >= 0.3 is 6.18 Å². The number of nitrogen functional groups attached to an aromatic ring is 1. The van der Waals surface area contributed by atoms with Crippen molar-refractivity contribution in [2.45, 2.75) is 25.9 Å². The third kappa shape index (κ3) is 6.37. The van der Waals surface area contributed by atoms with Crippen molar-refractivity contribution < 1.29 is 22.7 Å². The van der Waals surface area contributed by atoms with Gasteiger partial charge in [0.1, 0.15) is 12.3 Å². The van der Waals surface area contributed by atoms with Gasteiger partial charge in [0.2, 0.25) is 5.91 Å². The van der Waals surface area contributed by atoms with E-state index < -0.39 is 18.6 Å². The molecule has 0 saturated carbocycles.